The highest BCUT2D eigenvalue weighted by Gasteiger charge is 2.35. The van der Waals surface area contributed by atoms with E-state index in [1.165, 1.54) is 0 Å². The van der Waals surface area contributed by atoms with E-state index < -0.39 is 0 Å². The molecule has 5 aliphatic rings. The normalized spacial score (nSPS) is 17.4. The topological polar surface area (TPSA) is 130 Å². The van der Waals surface area contributed by atoms with E-state index in [1.807, 2.05) is 78.9 Å². The predicted octanol–water partition coefficient (Wildman–Crippen LogP) is 8.51. The smallest absolute Gasteiger partial charge is 0.123 e. The van der Waals surface area contributed by atoms with Gasteiger partial charge in [-0.1, -0.05) is 72.8 Å². The molecule has 0 spiro atoms. The molecule has 9 rings (SSSR count). The monoisotopic (exact) mass is 676 g/mol. The maximum absolute atomic E-state index is 11.6. The van der Waals surface area contributed by atoms with E-state index in [1.54, 1.807) is 66.7 Å². The fourth-order valence-electron chi connectivity index (χ4n) is 6.88. The Hall–Kier alpha value is -7.32. The van der Waals surface area contributed by atoms with Crippen LogP contribution in [0.2, 0.25) is 0 Å². The summed E-state index contributed by atoms with van der Waals surface area (Å²) in [4.78, 5) is 20.1. The van der Waals surface area contributed by atoms with Crippen molar-refractivity contribution >= 4 is 45.1 Å². The van der Waals surface area contributed by atoms with E-state index in [0.29, 0.717) is 84.5 Å². The number of aromatic hydroxyl groups is 4. The number of rotatable bonds is 4. The molecule has 0 atom stereocenters. The van der Waals surface area contributed by atoms with E-state index in [9.17, 15) is 20.4 Å². The SMILES string of the molecule is Oc1ccccc1C1=CC2=CC3=NC(=CC4=NC(=CC5=NC(=C(c6ccccc6O)C1=N2)C(c1ccccc1O)=C5c1ccccc1O)C=C4)C=C3. The molecule has 0 aliphatic carbocycles. The molecule has 0 aromatic heterocycles. The van der Waals surface area contributed by atoms with Gasteiger partial charge in [0.15, 0.2) is 0 Å². The molecule has 5 aliphatic heterocycles. The molecule has 52 heavy (non-hydrogen) atoms. The van der Waals surface area contributed by atoms with Gasteiger partial charge in [0.05, 0.1) is 45.6 Å². The average Bonchev–Trinajstić information content (AvgIpc) is 3.95. The van der Waals surface area contributed by atoms with Crippen molar-refractivity contribution in [2.45, 2.75) is 0 Å². The summed E-state index contributed by atoms with van der Waals surface area (Å²) < 4.78 is 0. The van der Waals surface area contributed by atoms with Gasteiger partial charge >= 0.3 is 0 Å². The first kappa shape index (κ1) is 30.7. The van der Waals surface area contributed by atoms with Crippen LogP contribution in [0.15, 0.2) is 188 Å². The summed E-state index contributed by atoms with van der Waals surface area (Å²) in [5.41, 5.74) is 8.54. The number of nitrogens with zero attached hydrogens (tertiary/aromatic N) is 4. The summed E-state index contributed by atoms with van der Waals surface area (Å²) in [5, 5.41) is 45.7. The van der Waals surface area contributed by atoms with Gasteiger partial charge in [-0.05, 0) is 72.9 Å². The molecule has 8 heteroatoms. The molecule has 8 bridgehead atoms. The second-order valence-electron chi connectivity index (χ2n) is 12.5. The van der Waals surface area contributed by atoms with Crippen LogP contribution in [-0.2, 0) is 0 Å². The van der Waals surface area contributed by atoms with Crippen LogP contribution in [0.5, 0.6) is 23.0 Å². The van der Waals surface area contributed by atoms with Crippen LogP contribution < -0.4 is 0 Å². The van der Waals surface area contributed by atoms with Gasteiger partial charge < -0.3 is 20.4 Å². The number of aliphatic imine (C=N–C) groups is 4. The van der Waals surface area contributed by atoms with Crippen molar-refractivity contribution in [1.29, 1.82) is 0 Å². The van der Waals surface area contributed by atoms with Gasteiger partial charge in [-0.3, -0.25) is 0 Å². The molecule has 5 heterocycles. The Kier molecular flexibility index (Phi) is 7.22. The minimum absolute atomic E-state index is 0.00603. The Morgan fingerprint density at radius 3 is 1.38 bits per heavy atom. The van der Waals surface area contributed by atoms with Gasteiger partial charge in [0.1, 0.15) is 23.0 Å². The lowest BCUT2D eigenvalue weighted by atomic mass is 9.85. The van der Waals surface area contributed by atoms with Crippen molar-refractivity contribution in [3.05, 3.63) is 191 Å². The molecule has 4 aromatic rings. The lowest BCUT2D eigenvalue weighted by molar-refractivity contribution is 0.472. The van der Waals surface area contributed by atoms with Crippen LogP contribution in [0.4, 0.5) is 0 Å². The number of hydrogen-bond acceptors (Lipinski definition) is 8. The largest absolute Gasteiger partial charge is 0.507 e. The highest BCUT2D eigenvalue weighted by molar-refractivity contribution is 6.51. The molecule has 0 saturated heterocycles. The van der Waals surface area contributed by atoms with Crippen molar-refractivity contribution in [3.63, 3.8) is 0 Å². The third-order valence-corrected chi connectivity index (χ3v) is 9.19. The number of para-hydroxylation sites is 4. The summed E-state index contributed by atoms with van der Waals surface area (Å²) >= 11 is 0. The van der Waals surface area contributed by atoms with Gasteiger partial charge in [-0.25, -0.2) is 20.0 Å². The van der Waals surface area contributed by atoms with E-state index in [2.05, 4.69) is 0 Å². The highest BCUT2D eigenvalue weighted by Crippen LogP contribution is 2.50. The maximum Gasteiger partial charge on any atom is 0.123 e. The molecule has 4 aromatic carbocycles. The number of phenols is 4. The third kappa shape index (κ3) is 5.26. The van der Waals surface area contributed by atoms with Crippen molar-refractivity contribution < 1.29 is 20.4 Å². The number of benzene rings is 4. The van der Waals surface area contributed by atoms with Crippen molar-refractivity contribution in [1.82, 2.24) is 0 Å². The van der Waals surface area contributed by atoms with Gasteiger partial charge in [0.25, 0.3) is 0 Å². The Morgan fingerprint density at radius 1 is 0.365 bits per heavy atom. The van der Waals surface area contributed by atoms with Crippen molar-refractivity contribution in [2.24, 2.45) is 20.0 Å². The van der Waals surface area contributed by atoms with Gasteiger partial charge in [-0.2, -0.15) is 0 Å². The zero-order valence-electron chi connectivity index (χ0n) is 27.4. The molecule has 248 valence electrons. The zero-order valence-corrected chi connectivity index (χ0v) is 27.4. The van der Waals surface area contributed by atoms with E-state index in [-0.39, 0.29) is 23.0 Å². The van der Waals surface area contributed by atoms with Crippen LogP contribution in [0.3, 0.4) is 0 Å². The lowest BCUT2D eigenvalue weighted by Gasteiger charge is -2.19. The molecule has 0 unspecified atom stereocenters. The fraction of sp³-hybridized carbons (Fsp3) is 0. The first-order chi connectivity index (χ1) is 25.4. The zero-order chi connectivity index (χ0) is 35.3. The highest BCUT2D eigenvalue weighted by atomic mass is 16.3. The van der Waals surface area contributed by atoms with Crippen LogP contribution in [0, 0.1) is 0 Å². The van der Waals surface area contributed by atoms with Crippen LogP contribution in [0.1, 0.15) is 22.3 Å². The number of allylic oxidation sites excluding steroid dienone is 12. The molecule has 0 amide bonds. The number of hydrogen-bond donors (Lipinski definition) is 4. The molecule has 8 nitrogen and oxygen atoms in total. The molecule has 0 radical (unpaired) electrons. The molecular weight excluding hydrogens is 649 g/mol. The average molecular weight is 677 g/mol. The Morgan fingerprint density at radius 2 is 0.827 bits per heavy atom. The van der Waals surface area contributed by atoms with Crippen molar-refractivity contribution in [3.8, 4) is 23.0 Å². The second kappa shape index (κ2) is 12.2. The molecular formula is C44H28N4O4. The summed E-state index contributed by atoms with van der Waals surface area (Å²) in [6.07, 6.45) is 15.1. The van der Waals surface area contributed by atoms with Gasteiger partial charge in [0, 0.05) is 44.5 Å². The summed E-state index contributed by atoms with van der Waals surface area (Å²) in [7, 11) is 0. The third-order valence-electron chi connectivity index (χ3n) is 9.19. The minimum Gasteiger partial charge on any atom is -0.507 e. The van der Waals surface area contributed by atoms with E-state index in [0.717, 1.165) is 5.70 Å². The minimum atomic E-state index is -0.0234. The van der Waals surface area contributed by atoms with Crippen LogP contribution >= 0.6 is 0 Å². The summed E-state index contributed by atoms with van der Waals surface area (Å²) in [6, 6.07) is 27.9. The number of fused-ring (bicyclic) bond motifs is 4. The number of phenolic OH excluding ortho intramolecular Hbond substituents is 4. The van der Waals surface area contributed by atoms with Crippen molar-refractivity contribution in [2.75, 3.05) is 0 Å². The van der Waals surface area contributed by atoms with E-state index in [4.69, 9.17) is 20.0 Å². The predicted molar refractivity (Wildman–Crippen MR) is 206 cm³/mol. The van der Waals surface area contributed by atoms with Crippen LogP contribution in [0.25, 0.3) is 22.3 Å². The first-order valence-electron chi connectivity index (χ1n) is 16.6. The first-order valence-corrected chi connectivity index (χ1v) is 16.6. The summed E-state index contributed by atoms with van der Waals surface area (Å²) in [6.45, 7) is 0. The Bertz CT molecular complexity index is 2650. The fourth-order valence-corrected chi connectivity index (χ4v) is 6.88. The lowest BCUT2D eigenvalue weighted by Crippen LogP contribution is -2.07. The van der Waals surface area contributed by atoms with Crippen LogP contribution in [-0.4, -0.2) is 43.3 Å². The second-order valence-corrected chi connectivity index (χ2v) is 12.5. The Labute approximate surface area is 298 Å². The molecule has 0 fully saturated rings. The standard InChI is InChI=1S/C44H28N4O4/c49-36-13-5-1-9-30(36)34-23-29-22-27-18-17-25(45-27)21-26-19-20-28(46-26)24-35-40(31-10-2-6-14-37(31)50)41(32-11-3-7-15-38(32)51)44(48-35)42(43(34)47-29)33-12-4-8-16-39(33)52/h1-24,49-52H. The van der Waals surface area contributed by atoms with Gasteiger partial charge in [-0.15, -0.1) is 0 Å². The molecule has 4 N–H and O–H groups in total. The van der Waals surface area contributed by atoms with Gasteiger partial charge in [0.2, 0.25) is 0 Å². The molecule has 0 saturated carbocycles. The summed E-state index contributed by atoms with van der Waals surface area (Å²) in [5.74, 6) is 0.0354. The quantitative estimate of drug-likeness (QED) is 0.173. The van der Waals surface area contributed by atoms with E-state index >= 15 is 0 Å². The maximum atomic E-state index is 11.6. The Balaban J connectivity index is 1.47.